The van der Waals surface area contributed by atoms with Crippen molar-refractivity contribution >= 4 is 23.3 Å². The van der Waals surface area contributed by atoms with E-state index in [-0.39, 0.29) is 29.8 Å². The van der Waals surface area contributed by atoms with Crippen LogP contribution in [-0.4, -0.2) is 57.4 Å². The van der Waals surface area contributed by atoms with Crippen molar-refractivity contribution < 1.29 is 14.3 Å². The molecule has 7 nitrogen and oxygen atoms in total. The van der Waals surface area contributed by atoms with Gasteiger partial charge in [-0.15, -0.1) is 5.10 Å². The Balaban J connectivity index is 1.54. The highest BCUT2D eigenvalue weighted by Crippen LogP contribution is 2.32. The third-order valence-corrected chi connectivity index (χ3v) is 5.04. The summed E-state index contributed by atoms with van der Waals surface area (Å²) in [4.78, 5) is 26.8. The van der Waals surface area contributed by atoms with Gasteiger partial charge in [0.15, 0.2) is 11.5 Å². The lowest BCUT2D eigenvalue weighted by atomic mass is 10.1. The summed E-state index contributed by atoms with van der Waals surface area (Å²) in [6, 6.07) is 7.20. The highest BCUT2D eigenvalue weighted by Gasteiger charge is 2.39. The molecule has 1 atom stereocenters. The molecule has 1 saturated carbocycles. The average Bonchev–Trinajstić information content (AvgIpc) is 3.43. The number of aromatic nitrogens is 3. The van der Waals surface area contributed by atoms with Crippen LogP contribution in [0.2, 0.25) is 5.02 Å². The van der Waals surface area contributed by atoms with Gasteiger partial charge in [-0.25, -0.2) is 4.68 Å². The molecule has 0 bridgehead atoms. The number of carbonyl (C=O) groups is 2. The van der Waals surface area contributed by atoms with Crippen LogP contribution in [0.4, 0.5) is 0 Å². The van der Waals surface area contributed by atoms with Crippen molar-refractivity contribution in [2.45, 2.75) is 25.9 Å². The molecule has 26 heavy (non-hydrogen) atoms. The van der Waals surface area contributed by atoms with Crippen molar-refractivity contribution in [2.24, 2.45) is 5.92 Å². The third kappa shape index (κ3) is 3.24. The molecule has 1 aromatic heterocycles. The summed E-state index contributed by atoms with van der Waals surface area (Å²) in [5.41, 5.74) is 1.66. The Kier molecular flexibility index (Phi) is 4.50. The number of nitrogens with zero attached hydrogens (tertiary/aromatic N) is 4. The van der Waals surface area contributed by atoms with Crippen LogP contribution in [0.1, 0.15) is 29.0 Å². The highest BCUT2D eigenvalue weighted by atomic mass is 35.5. The molecule has 1 amide bonds. The van der Waals surface area contributed by atoms with Gasteiger partial charge in [0.2, 0.25) is 0 Å². The fourth-order valence-corrected chi connectivity index (χ4v) is 3.35. The number of benzene rings is 1. The molecule has 136 valence electrons. The van der Waals surface area contributed by atoms with Gasteiger partial charge in [0, 0.05) is 17.5 Å². The fourth-order valence-electron chi connectivity index (χ4n) is 3.17. The molecule has 2 aliphatic rings. The zero-order chi connectivity index (χ0) is 18.3. The minimum absolute atomic E-state index is 0.112. The van der Waals surface area contributed by atoms with Gasteiger partial charge in [-0.1, -0.05) is 22.9 Å². The monoisotopic (exact) mass is 374 g/mol. The molecule has 4 rings (SSSR count). The molecule has 0 radical (unpaired) electrons. The number of Topliss-reactive ketones (excluding diaryl/α,β-unsaturated/α-hetero) is 1. The number of carbonyl (C=O) groups excluding carboxylic acids is 2. The van der Waals surface area contributed by atoms with E-state index in [2.05, 4.69) is 10.3 Å². The second kappa shape index (κ2) is 6.81. The highest BCUT2D eigenvalue weighted by molar-refractivity contribution is 6.30. The normalized spacial score (nSPS) is 20.2. The second-order valence-corrected chi connectivity index (χ2v) is 7.14. The maximum absolute atomic E-state index is 12.9. The lowest BCUT2D eigenvalue weighted by Crippen LogP contribution is -2.49. The first-order valence-electron chi connectivity index (χ1n) is 8.67. The van der Waals surface area contributed by atoms with Gasteiger partial charge in [-0.3, -0.25) is 9.59 Å². The van der Waals surface area contributed by atoms with E-state index in [9.17, 15) is 9.59 Å². The Morgan fingerprint density at radius 1 is 1.31 bits per heavy atom. The van der Waals surface area contributed by atoms with Gasteiger partial charge in [-0.05, 0) is 38.0 Å². The zero-order valence-corrected chi connectivity index (χ0v) is 15.1. The first-order valence-corrected chi connectivity index (χ1v) is 9.05. The summed E-state index contributed by atoms with van der Waals surface area (Å²) in [6.07, 6.45) is 1.34. The molecule has 2 fully saturated rings. The van der Waals surface area contributed by atoms with E-state index in [0.717, 1.165) is 18.5 Å². The number of ether oxygens (including phenoxy) is 1. The van der Waals surface area contributed by atoms with Crippen LogP contribution in [0.5, 0.6) is 0 Å². The van der Waals surface area contributed by atoms with Crippen LogP contribution in [-0.2, 0) is 9.53 Å². The van der Waals surface area contributed by atoms with Crippen molar-refractivity contribution in [1.29, 1.82) is 0 Å². The average molecular weight is 375 g/mol. The van der Waals surface area contributed by atoms with Crippen LogP contribution in [0.25, 0.3) is 5.69 Å². The van der Waals surface area contributed by atoms with Gasteiger partial charge in [0.05, 0.1) is 24.5 Å². The maximum Gasteiger partial charge on any atom is 0.276 e. The summed E-state index contributed by atoms with van der Waals surface area (Å²) in [5.74, 6) is -0.00466. The van der Waals surface area contributed by atoms with Crippen molar-refractivity contribution in [3.8, 4) is 5.69 Å². The Morgan fingerprint density at radius 2 is 2.12 bits per heavy atom. The van der Waals surface area contributed by atoms with Gasteiger partial charge >= 0.3 is 0 Å². The van der Waals surface area contributed by atoms with Crippen LogP contribution >= 0.6 is 11.6 Å². The molecule has 2 heterocycles. The molecule has 0 spiro atoms. The SMILES string of the molecule is Cc1c(C(=O)N2CCOC(C(=O)C3CC3)C2)nnn1-c1cccc(Cl)c1. The zero-order valence-electron chi connectivity index (χ0n) is 14.4. The van der Waals surface area contributed by atoms with Crippen molar-refractivity contribution in [3.63, 3.8) is 0 Å². The van der Waals surface area contributed by atoms with Gasteiger partial charge < -0.3 is 9.64 Å². The number of ketones is 1. The summed E-state index contributed by atoms with van der Waals surface area (Å²) in [5, 5.41) is 8.75. The van der Waals surface area contributed by atoms with E-state index in [0.29, 0.717) is 23.9 Å². The number of amides is 1. The predicted octanol–water partition coefficient (Wildman–Crippen LogP) is 2.05. The van der Waals surface area contributed by atoms with Crippen LogP contribution in [0.3, 0.4) is 0 Å². The molecule has 1 aliphatic heterocycles. The van der Waals surface area contributed by atoms with E-state index >= 15 is 0 Å². The molecule has 0 N–H and O–H groups in total. The number of halogens is 1. The Bertz CT molecular complexity index is 862. The molecule has 1 saturated heterocycles. The number of morpholine rings is 1. The van der Waals surface area contributed by atoms with E-state index in [1.54, 1.807) is 28.6 Å². The molecular weight excluding hydrogens is 356 g/mol. The van der Waals surface area contributed by atoms with Crippen molar-refractivity contribution in [3.05, 3.63) is 40.7 Å². The number of hydrogen-bond acceptors (Lipinski definition) is 5. The Labute approximate surface area is 155 Å². The summed E-state index contributed by atoms with van der Waals surface area (Å²) >= 11 is 6.03. The van der Waals surface area contributed by atoms with Crippen LogP contribution < -0.4 is 0 Å². The van der Waals surface area contributed by atoms with Gasteiger partial charge in [0.25, 0.3) is 5.91 Å². The van der Waals surface area contributed by atoms with Gasteiger partial charge in [0.1, 0.15) is 6.10 Å². The molecule has 1 aromatic carbocycles. The minimum Gasteiger partial charge on any atom is -0.367 e. The summed E-state index contributed by atoms with van der Waals surface area (Å²) in [6.45, 7) is 2.87. The van der Waals surface area contributed by atoms with E-state index < -0.39 is 6.10 Å². The molecular formula is C18H19ClN4O3. The molecule has 1 unspecified atom stereocenters. The Hall–Kier alpha value is -2.25. The van der Waals surface area contributed by atoms with E-state index in [1.807, 2.05) is 12.1 Å². The first-order chi connectivity index (χ1) is 12.5. The summed E-state index contributed by atoms with van der Waals surface area (Å²) in [7, 11) is 0. The van der Waals surface area contributed by atoms with Crippen LogP contribution in [0.15, 0.2) is 24.3 Å². The van der Waals surface area contributed by atoms with E-state index in [4.69, 9.17) is 16.3 Å². The standard InChI is InChI=1S/C18H19ClN4O3/c1-11-16(20-21-23(11)14-4-2-3-13(19)9-14)18(25)22-7-8-26-15(10-22)17(24)12-5-6-12/h2-4,9,12,15H,5-8,10H2,1H3. The largest absolute Gasteiger partial charge is 0.367 e. The predicted molar refractivity (Wildman–Crippen MR) is 94.5 cm³/mol. The number of hydrogen-bond donors (Lipinski definition) is 0. The topological polar surface area (TPSA) is 77.3 Å². The molecule has 2 aromatic rings. The maximum atomic E-state index is 12.9. The fraction of sp³-hybridized carbons (Fsp3) is 0.444. The lowest BCUT2D eigenvalue weighted by Gasteiger charge is -2.31. The first kappa shape index (κ1) is 17.2. The minimum atomic E-state index is -0.525. The van der Waals surface area contributed by atoms with Gasteiger partial charge in [-0.2, -0.15) is 0 Å². The molecule has 8 heteroatoms. The molecule has 1 aliphatic carbocycles. The van der Waals surface area contributed by atoms with Crippen molar-refractivity contribution in [2.75, 3.05) is 19.7 Å². The smallest absolute Gasteiger partial charge is 0.276 e. The number of rotatable bonds is 4. The van der Waals surface area contributed by atoms with Crippen LogP contribution in [0, 0.1) is 12.8 Å². The quantitative estimate of drug-likeness (QED) is 0.818. The Morgan fingerprint density at radius 3 is 2.85 bits per heavy atom. The van der Waals surface area contributed by atoms with E-state index in [1.165, 1.54) is 0 Å². The summed E-state index contributed by atoms with van der Waals surface area (Å²) < 4.78 is 7.17. The second-order valence-electron chi connectivity index (χ2n) is 6.70. The lowest BCUT2D eigenvalue weighted by molar-refractivity contribution is -0.136. The van der Waals surface area contributed by atoms with Crippen molar-refractivity contribution in [1.82, 2.24) is 19.9 Å². The third-order valence-electron chi connectivity index (χ3n) is 4.80.